The van der Waals surface area contributed by atoms with Gasteiger partial charge in [-0.25, -0.2) is 0 Å². The van der Waals surface area contributed by atoms with Crippen LogP contribution in [0, 0.1) is 16.0 Å². The number of hydrogen-bond donors (Lipinski definition) is 0. The minimum atomic E-state index is -1.27. The van der Waals surface area contributed by atoms with Gasteiger partial charge in [0.2, 0.25) is 5.82 Å². The maximum atomic E-state index is 11.7. The number of piperidine rings is 1. The SMILES string of the molecule is O=C([O-])N(CC=CC1CCN(CCC(Cn2nnc(-c3ccccc3)n2)c2ccccc2)CC1)Cc1ccc([N+](=O)[O-])cc1. The number of hydrogen-bond acceptors (Lipinski definition) is 8. The molecule has 2 heterocycles. The number of carbonyl (C=O) groups is 1. The third-order valence-corrected chi connectivity index (χ3v) is 8.08. The molecule has 1 saturated heterocycles. The molecule has 44 heavy (non-hydrogen) atoms. The fourth-order valence-corrected chi connectivity index (χ4v) is 5.54. The van der Waals surface area contributed by atoms with Crippen LogP contribution in [0.5, 0.6) is 0 Å². The summed E-state index contributed by atoms with van der Waals surface area (Å²) in [6.45, 7) is 3.89. The van der Waals surface area contributed by atoms with E-state index in [2.05, 4.69) is 50.7 Å². The number of nitro groups is 1. The summed E-state index contributed by atoms with van der Waals surface area (Å²) in [7, 11) is 0. The lowest BCUT2D eigenvalue weighted by Crippen LogP contribution is -2.40. The Bertz CT molecular complexity index is 1520. The molecule has 0 N–H and O–H groups in total. The fraction of sp³-hybridized carbons (Fsp3) is 0.333. The normalized spacial score (nSPS) is 14.9. The predicted molar refractivity (Wildman–Crippen MR) is 164 cm³/mol. The molecule has 228 valence electrons. The molecule has 1 amide bonds. The Morgan fingerprint density at radius 2 is 1.68 bits per heavy atom. The number of carbonyl (C=O) groups excluding carboxylic acids is 1. The molecule has 3 aromatic carbocycles. The Hall–Kier alpha value is -4.90. The van der Waals surface area contributed by atoms with Gasteiger partial charge in [0.15, 0.2) is 0 Å². The van der Waals surface area contributed by atoms with Crippen LogP contribution < -0.4 is 5.11 Å². The maximum absolute atomic E-state index is 11.7. The average Bonchev–Trinajstić information content (AvgIpc) is 3.53. The van der Waals surface area contributed by atoms with Crippen molar-refractivity contribution in [2.45, 2.75) is 38.3 Å². The van der Waals surface area contributed by atoms with Gasteiger partial charge in [-0.3, -0.25) is 10.1 Å². The number of aromatic nitrogens is 4. The second-order valence-electron chi connectivity index (χ2n) is 11.1. The van der Waals surface area contributed by atoms with Gasteiger partial charge in [0.1, 0.15) is 6.09 Å². The average molecular weight is 595 g/mol. The van der Waals surface area contributed by atoms with E-state index in [-0.39, 0.29) is 24.7 Å². The highest BCUT2D eigenvalue weighted by molar-refractivity contribution is 5.62. The Kier molecular flexibility index (Phi) is 10.4. The number of carboxylic acid groups (broad SMARTS) is 1. The fourth-order valence-electron chi connectivity index (χ4n) is 5.54. The molecule has 0 radical (unpaired) electrons. The second-order valence-corrected chi connectivity index (χ2v) is 11.1. The zero-order chi connectivity index (χ0) is 30.7. The second kappa shape index (κ2) is 15.0. The monoisotopic (exact) mass is 594 g/mol. The van der Waals surface area contributed by atoms with Crippen LogP contribution in [0.1, 0.15) is 36.3 Å². The van der Waals surface area contributed by atoms with Crippen molar-refractivity contribution in [3.05, 3.63) is 118 Å². The van der Waals surface area contributed by atoms with Crippen LogP contribution in [0.15, 0.2) is 97.1 Å². The molecule has 1 atom stereocenters. The molecule has 4 aromatic rings. The number of amides is 1. The van der Waals surface area contributed by atoms with Crippen molar-refractivity contribution in [2.75, 3.05) is 26.2 Å². The number of non-ortho nitro benzene ring substituents is 1. The zero-order valence-electron chi connectivity index (χ0n) is 24.5. The molecule has 11 heteroatoms. The van der Waals surface area contributed by atoms with Crippen molar-refractivity contribution in [3.63, 3.8) is 0 Å². The number of tetrazole rings is 1. The van der Waals surface area contributed by atoms with Gasteiger partial charge in [0.25, 0.3) is 5.69 Å². The smallest absolute Gasteiger partial charge is 0.269 e. The van der Waals surface area contributed by atoms with Gasteiger partial charge >= 0.3 is 0 Å². The summed E-state index contributed by atoms with van der Waals surface area (Å²) in [5.41, 5.74) is 2.85. The van der Waals surface area contributed by atoms with Crippen molar-refractivity contribution in [1.29, 1.82) is 0 Å². The van der Waals surface area contributed by atoms with Crippen molar-refractivity contribution in [3.8, 4) is 11.4 Å². The van der Waals surface area contributed by atoms with Gasteiger partial charge in [0, 0.05) is 36.7 Å². The van der Waals surface area contributed by atoms with E-state index in [4.69, 9.17) is 0 Å². The number of nitro benzene ring substituents is 1. The van der Waals surface area contributed by atoms with Crippen LogP contribution in [-0.2, 0) is 13.1 Å². The van der Waals surface area contributed by atoms with Crippen molar-refractivity contribution in [2.24, 2.45) is 5.92 Å². The molecule has 0 spiro atoms. The summed E-state index contributed by atoms with van der Waals surface area (Å²) >= 11 is 0. The molecule has 0 aliphatic carbocycles. The van der Waals surface area contributed by atoms with Gasteiger partial charge < -0.3 is 19.7 Å². The first-order valence-corrected chi connectivity index (χ1v) is 14.9. The number of rotatable bonds is 13. The van der Waals surface area contributed by atoms with E-state index in [0.717, 1.165) is 44.5 Å². The van der Waals surface area contributed by atoms with Crippen molar-refractivity contribution >= 4 is 11.8 Å². The number of likely N-dealkylation sites (tertiary alicyclic amines) is 1. The largest absolute Gasteiger partial charge is 0.530 e. The standard InChI is InChI=1S/C33H37N7O4/c41-33(42)38(24-27-13-15-31(16-14-27)40(43)44)20-7-8-26-17-21-37(22-18-26)23-19-30(28-9-3-1-4-10-28)25-39-35-32(34-36-39)29-11-5-2-6-12-29/h1-16,26,30H,17-25H2,(H,41,42)/p-1. The summed E-state index contributed by atoms with van der Waals surface area (Å²) in [6, 6.07) is 26.2. The molecule has 5 rings (SSSR count). The first kappa shape index (κ1) is 30.6. The van der Waals surface area contributed by atoms with E-state index in [1.54, 1.807) is 16.9 Å². The minimum absolute atomic E-state index is 0.0276. The van der Waals surface area contributed by atoms with Crippen LogP contribution in [0.2, 0.25) is 0 Å². The van der Waals surface area contributed by atoms with Gasteiger partial charge in [0.05, 0.1) is 11.5 Å². The summed E-state index contributed by atoms with van der Waals surface area (Å²) in [5, 5.41) is 35.8. The van der Waals surface area contributed by atoms with Gasteiger partial charge in [-0.15, -0.1) is 10.2 Å². The highest BCUT2D eigenvalue weighted by Crippen LogP contribution is 2.25. The lowest BCUT2D eigenvalue weighted by molar-refractivity contribution is -0.384. The van der Waals surface area contributed by atoms with E-state index >= 15 is 0 Å². The molecule has 1 aromatic heterocycles. The molecule has 11 nitrogen and oxygen atoms in total. The molecule has 0 saturated carbocycles. The maximum Gasteiger partial charge on any atom is 0.269 e. The van der Waals surface area contributed by atoms with E-state index in [1.807, 2.05) is 42.5 Å². The number of nitrogens with zero attached hydrogens (tertiary/aromatic N) is 7. The summed E-state index contributed by atoms with van der Waals surface area (Å²) in [4.78, 5) is 27.4. The Labute approximate surface area is 256 Å². The van der Waals surface area contributed by atoms with E-state index < -0.39 is 11.0 Å². The Morgan fingerprint density at radius 3 is 2.34 bits per heavy atom. The van der Waals surface area contributed by atoms with Gasteiger partial charge in [-0.05, 0) is 61.2 Å². The number of allylic oxidation sites excluding steroid dienone is 1. The third kappa shape index (κ3) is 8.57. The van der Waals surface area contributed by atoms with Crippen LogP contribution in [0.3, 0.4) is 0 Å². The molecule has 1 fully saturated rings. The number of benzene rings is 3. The third-order valence-electron chi connectivity index (χ3n) is 8.08. The minimum Gasteiger partial charge on any atom is -0.530 e. The summed E-state index contributed by atoms with van der Waals surface area (Å²) < 4.78 is 0. The Balaban J connectivity index is 1.10. The molecule has 1 aliphatic heterocycles. The lowest BCUT2D eigenvalue weighted by atomic mass is 9.93. The first-order chi connectivity index (χ1) is 21.4. The molecule has 1 aliphatic rings. The molecular formula is C33H36N7O4-. The van der Waals surface area contributed by atoms with Crippen molar-refractivity contribution in [1.82, 2.24) is 30.0 Å². The van der Waals surface area contributed by atoms with Crippen LogP contribution in [0.25, 0.3) is 11.4 Å². The predicted octanol–water partition coefficient (Wildman–Crippen LogP) is 4.54. The van der Waals surface area contributed by atoms with Gasteiger partial charge in [-0.1, -0.05) is 84.9 Å². The van der Waals surface area contributed by atoms with E-state index in [9.17, 15) is 20.0 Å². The van der Waals surface area contributed by atoms with Crippen LogP contribution in [0.4, 0.5) is 10.5 Å². The zero-order valence-corrected chi connectivity index (χ0v) is 24.5. The van der Waals surface area contributed by atoms with Gasteiger partial charge in [-0.2, -0.15) is 4.80 Å². The first-order valence-electron chi connectivity index (χ1n) is 14.9. The van der Waals surface area contributed by atoms with Crippen LogP contribution >= 0.6 is 0 Å². The highest BCUT2D eigenvalue weighted by Gasteiger charge is 2.21. The Morgan fingerprint density at radius 1 is 1.00 bits per heavy atom. The van der Waals surface area contributed by atoms with Crippen molar-refractivity contribution < 1.29 is 14.8 Å². The summed E-state index contributed by atoms with van der Waals surface area (Å²) in [6.07, 6.45) is 5.71. The lowest BCUT2D eigenvalue weighted by Gasteiger charge is -2.32. The highest BCUT2D eigenvalue weighted by atomic mass is 16.6. The molecular weight excluding hydrogens is 558 g/mol. The van der Waals surface area contributed by atoms with Crippen LogP contribution in [-0.4, -0.2) is 67.2 Å². The molecule has 1 unspecified atom stereocenters. The molecule has 0 bridgehead atoms. The quantitative estimate of drug-likeness (QED) is 0.125. The summed E-state index contributed by atoms with van der Waals surface area (Å²) in [5.74, 6) is 1.26. The topological polar surface area (TPSA) is 133 Å². The van der Waals surface area contributed by atoms with E-state index in [1.165, 1.54) is 22.6 Å². The van der Waals surface area contributed by atoms with E-state index in [0.29, 0.717) is 23.9 Å².